The van der Waals surface area contributed by atoms with E-state index in [0.29, 0.717) is 0 Å². The average molecular weight is 315 g/mol. The molecular formula is C17H21N3O3. The summed E-state index contributed by atoms with van der Waals surface area (Å²) in [6.07, 6.45) is 7.99. The summed E-state index contributed by atoms with van der Waals surface area (Å²) >= 11 is 0. The van der Waals surface area contributed by atoms with Gasteiger partial charge < -0.3 is 15.0 Å². The van der Waals surface area contributed by atoms with Gasteiger partial charge in [0.2, 0.25) is 5.91 Å². The van der Waals surface area contributed by atoms with Crippen molar-refractivity contribution in [3.63, 3.8) is 0 Å². The Morgan fingerprint density at radius 3 is 2.74 bits per heavy atom. The van der Waals surface area contributed by atoms with Crippen molar-refractivity contribution in [1.82, 2.24) is 15.2 Å². The van der Waals surface area contributed by atoms with E-state index < -0.39 is 6.10 Å². The maximum atomic E-state index is 12.7. The third kappa shape index (κ3) is 2.83. The number of aromatic nitrogens is 1. The Kier molecular flexibility index (Phi) is 3.77. The van der Waals surface area contributed by atoms with E-state index >= 15 is 0 Å². The van der Waals surface area contributed by atoms with E-state index in [4.69, 9.17) is 4.74 Å². The molecule has 2 heterocycles. The minimum Gasteiger partial charge on any atom is -0.356 e. The SMILES string of the molecule is O=C(NC1CCC1)[C@H]1OCC(=O)N(C2CC2)[C@@H]1c1cccnc1. The fraction of sp³-hybridized carbons (Fsp3) is 0.588. The van der Waals surface area contributed by atoms with Crippen LogP contribution in [0.3, 0.4) is 0 Å². The van der Waals surface area contributed by atoms with Gasteiger partial charge in [0.15, 0.2) is 6.10 Å². The lowest BCUT2D eigenvalue weighted by Gasteiger charge is -2.41. The number of amides is 2. The van der Waals surface area contributed by atoms with Crippen molar-refractivity contribution in [2.24, 2.45) is 0 Å². The maximum Gasteiger partial charge on any atom is 0.251 e. The van der Waals surface area contributed by atoms with E-state index in [1.165, 1.54) is 0 Å². The van der Waals surface area contributed by atoms with Crippen molar-refractivity contribution in [2.45, 2.75) is 56.3 Å². The Balaban J connectivity index is 1.62. The third-order valence-corrected chi connectivity index (χ3v) is 4.94. The molecule has 0 bridgehead atoms. The quantitative estimate of drug-likeness (QED) is 0.906. The van der Waals surface area contributed by atoms with Crippen molar-refractivity contribution in [2.75, 3.05) is 6.61 Å². The van der Waals surface area contributed by atoms with Crippen LogP contribution in [0.15, 0.2) is 24.5 Å². The summed E-state index contributed by atoms with van der Waals surface area (Å²) in [6.45, 7) is -0.0178. The molecule has 4 rings (SSSR count). The molecule has 0 unspecified atom stereocenters. The van der Waals surface area contributed by atoms with E-state index in [0.717, 1.165) is 37.7 Å². The molecule has 3 fully saturated rings. The Bertz CT molecular complexity index is 598. The molecule has 1 saturated heterocycles. The molecule has 23 heavy (non-hydrogen) atoms. The zero-order valence-corrected chi connectivity index (χ0v) is 13.0. The van der Waals surface area contributed by atoms with Crippen molar-refractivity contribution >= 4 is 11.8 Å². The molecule has 1 N–H and O–H groups in total. The van der Waals surface area contributed by atoms with Crippen LogP contribution in [0.25, 0.3) is 0 Å². The highest BCUT2D eigenvalue weighted by atomic mass is 16.5. The second-order valence-electron chi connectivity index (χ2n) is 6.63. The van der Waals surface area contributed by atoms with Crippen molar-refractivity contribution < 1.29 is 14.3 Å². The second-order valence-corrected chi connectivity index (χ2v) is 6.63. The Morgan fingerprint density at radius 1 is 1.30 bits per heavy atom. The summed E-state index contributed by atoms with van der Waals surface area (Å²) in [5, 5.41) is 3.06. The molecule has 1 aromatic heterocycles. The van der Waals surface area contributed by atoms with Crippen LogP contribution < -0.4 is 5.32 Å². The first kappa shape index (κ1) is 14.6. The van der Waals surface area contributed by atoms with Gasteiger partial charge in [-0.25, -0.2) is 0 Å². The number of carbonyl (C=O) groups is 2. The minimum atomic E-state index is -0.655. The first-order chi connectivity index (χ1) is 11.2. The van der Waals surface area contributed by atoms with E-state index in [1.54, 1.807) is 12.4 Å². The topological polar surface area (TPSA) is 71.5 Å². The molecule has 0 aromatic carbocycles. The number of nitrogens with zero attached hydrogens (tertiary/aromatic N) is 2. The predicted octanol–water partition coefficient (Wildman–Crippen LogP) is 1.18. The molecule has 2 aliphatic carbocycles. The van der Waals surface area contributed by atoms with E-state index in [-0.39, 0.29) is 36.5 Å². The molecule has 2 atom stereocenters. The summed E-state index contributed by atoms with van der Waals surface area (Å²) in [6, 6.07) is 3.86. The first-order valence-electron chi connectivity index (χ1n) is 8.37. The van der Waals surface area contributed by atoms with Crippen LogP contribution in [0.4, 0.5) is 0 Å². The number of morpholine rings is 1. The number of hydrogen-bond donors (Lipinski definition) is 1. The summed E-state index contributed by atoms with van der Waals surface area (Å²) in [5.74, 6) is -0.143. The molecule has 2 amide bonds. The molecule has 122 valence electrons. The number of pyridine rings is 1. The first-order valence-corrected chi connectivity index (χ1v) is 8.37. The number of ether oxygens (including phenoxy) is 1. The van der Waals surface area contributed by atoms with Gasteiger partial charge in [0, 0.05) is 24.5 Å². The van der Waals surface area contributed by atoms with E-state index in [2.05, 4.69) is 10.3 Å². The Morgan fingerprint density at radius 2 is 2.13 bits per heavy atom. The van der Waals surface area contributed by atoms with Crippen LogP contribution in [0.2, 0.25) is 0 Å². The highest BCUT2D eigenvalue weighted by Gasteiger charge is 2.47. The molecule has 1 aromatic rings. The maximum absolute atomic E-state index is 12.7. The van der Waals surface area contributed by atoms with Crippen LogP contribution in [-0.4, -0.2) is 46.5 Å². The van der Waals surface area contributed by atoms with Gasteiger partial charge in [-0.05, 0) is 43.7 Å². The predicted molar refractivity (Wildman–Crippen MR) is 82.4 cm³/mol. The minimum absolute atomic E-state index is 0.0178. The molecule has 6 nitrogen and oxygen atoms in total. The fourth-order valence-electron chi connectivity index (χ4n) is 3.35. The van der Waals surface area contributed by atoms with Crippen LogP contribution in [0.1, 0.15) is 43.7 Å². The number of nitrogens with one attached hydrogen (secondary N) is 1. The molecule has 3 aliphatic rings. The standard InChI is InChI=1S/C17H21N3O3/c21-14-10-23-16(17(22)19-12-4-1-5-12)15(20(14)13-6-7-13)11-3-2-8-18-9-11/h2-3,8-9,12-13,15-16H,1,4-7,10H2,(H,19,22)/t15-,16+/m1/s1. The molecule has 6 heteroatoms. The van der Waals surface area contributed by atoms with Crippen LogP contribution in [0, 0.1) is 0 Å². The lowest BCUT2D eigenvalue weighted by atomic mass is 9.92. The van der Waals surface area contributed by atoms with Crippen LogP contribution >= 0.6 is 0 Å². The van der Waals surface area contributed by atoms with Gasteiger partial charge in [-0.2, -0.15) is 0 Å². The Hall–Kier alpha value is -1.95. The largest absolute Gasteiger partial charge is 0.356 e. The van der Waals surface area contributed by atoms with Gasteiger partial charge in [-0.3, -0.25) is 14.6 Å². The third-order valence-electron chi connectivity index (χ3n) is 4.94. The van der Waals surface area contributed by atoms with E-state index in [9.17, 15) is 9.59 Å². The van der Waals surface area contributed by atoms with Gasteiger partial charge in [0.05, 0.1) is 6.04 Å². The van der Waals surface area contributed by atoms with Gasteiger partial charge in [-0.15, -0.1) is 0 Å². The normalized spacial score (nSPS) is 28.3. The number of rotatable bonds is 4. The fourth-order valence-corrected chi connectivity index (χ4v) is 3.35. The average Bonchev–Trinajstić information content (AvgIpc) is 3.36. The lowest BCUT2D eigenvalue weighted by Crippen LogP contribution is -2.56. The van der Waals surface area contributed by atoms with Gasteiger partial charge in [0.25, 0.3) is 5.91 Å². The number of carbonyl (C=O) groups excluding carboxylic acids is 2. The lowest BCUT2D eigenvalue weighted by molar-refractivity contribution is -0.165. The highest BCUT2D eigenvalue weighted by molar-refractivity contribution is 5.87. The number of hydrogen-bond acceptors (Lipinski definition) is 4. The second kappa shape index (κ2) is 5.92. The molecular weight excluding hydrogens is 294 g/mol. The summed E-state index contributed by atoms with van der Waals surface area (Å²) in [5.41, 5.74) is 0.862. The molecule has 0 radical (unpaired) electrons. The molecule has 0 spiro atoms. The summed E-state index contributed by atoms with van der Waals surface area (Å²) < 4.78 is 5.67. The summed E-state index contributed by atoms with van der Waals surface area (Å²) in [4.78, 5) is 31.1. The smallest absolute Gasteiger partial charge is 0.251 e. The van der Waals surface area contributed by atoms with Crippen molar-refractivity contribution in [3.05, 3.63) is 30.1 Å². The zero-order valence-electron chi connectivity index (χ0n) is 13.0. The monoisotopic (exact) mass is 315 g/mol. The molecule has 2 saturated carbocycles. The Labute approximate surface area is 135 Å². The van der Waals surface area contributed by atoms with Gasteiger partial charge >= 0.3 is 0 Å². The van der Waals surface area contributed by atoms with Crippen LogP contribution in [0.5, 0.6) is 0 Å². The van der Waals surface area contributed by atoms with Crippen molar-refractivity contribution in [3.8, 4) is 0 Å². The molecule has 1 aliphatic heterocycles. The van der Waals surface area contributed by atoms with Gasteiger partial charge in [-0.1, -0.05) is 6.07 Å². The van der Waals surface area contributed by atoms with Gasteiger partial charge in [0.1, 0.15) is 6.61 Å². The van der Waals surface area contributed by atoms with E-state index in [1.807, 2.05) is 17.0 Å². The highest BCUT2D eigenvalue weighted by Crippen LogP contribution is 2.39. The zero-order chi connectivity index (χ0) is 15.8. The summed E-state index contributed by atoms with van der Waals surface area (Å²) in [7, 11) is 0. The van der Waals surface area contributed by atoms with Crippen LogP contribution in [-0.2, 0) is 14.3 Å². The van der Waals surface area contributed by atoms with Crippen molar-refractivity contribution in [1.29, 1.82) is 0 Å².